The Labute approximate surface area is 146 Å². The van der Waals surface area contributed by atoms with E-state index in [4.69, 9.17) is 19.9 Å². The van der Waals surface area contributed by atoms with Gasteiger partial charge in [0.25, 0.3) is 0 Å². The molecule has 140 valence electrons. The van der Waals surface area contributed by atoms with Crippen LogP contribution in [0.15, 0.2) is 18.2 Å². The third-order valence-corrected chi connectivity index (χ3v) is 3.47. The molecule has 0 saturated carbocycles. The lowest BCUT2D eigenvalue weighted by molar-refractivity contribution is -0.155. The lowest BCUT2D eigenvalue weighted by Gasteiger charge is -2.22. The summed E-state index contributed by atoms with van der Waals surface area (Å²) in [4.78, 5) is 23.4. The molecule has 8 nitrogen and oxygen atoms in total. The predicted octanol–water partition coefficient (Wildman–Crippen LogP) is 1.85. The van der Waals surface area contributed by atoms with Crippen LogP contribution in [0, 0.1) is 0 Å². The highest BCUT2D eigenvalue weighted by Crippen LogP contribution is 2.25. The average Bonchev–Trinajstić information content (AvgIpc) is 2.56. The van der Waals surface area contributed by atoms with Crippen LogP contribution >= 0.6 is 0 Å². The first kappa shape index (κ1) is 20.6. The molecular formula is C17H25NO7. The maximum atomic E-state index is 12.0. The van der Waals surface area contributed by atoms with Gasteiger partial charge in [-0.05, 0) is 44.4 Å². The Morgan fingerprint density at radius 1 is 1.12 bits per heavy atom. The molecule has 0 saturated heterocycles. The van der Waals surface area contributed by atoms with E-state index in [1.807, 2.05) is 6.92 Å². The summed E-state index contributed by atoms with van der Waals surface area (Å²) >= 11 is 0. The van der Waals surface area contributed by atoms with E-state index < -0.39 is 30.4 Å². The predicted molar refractivity (Wildman–Crippen MR) is 89.2 cm³/mol. The minimum absolute atomic E-state index is 0.118. The number of esters is 1. The molecule has 0 radical (unpaired) electrons. The van der Waals surface area contributed by atoms with E-state index in [0.29, 0.717) is 12.0 Å². The number of ether oxygens (including phenoxy) is 3. The zero-order valence-corrected chi connectivity index (χ0v) is 14.6. The number of hydrogen-bond donors (Lipinski definition) is 3. The standard InChI is InChI=1S/C17H25NO7/c1-4-7-23-17(22)25-11(3)10(2)24-16(21)13(18)8-12-5-6-14(19)15(20)9-12/h5-6,9-11,13,19-20H,4,7-8,18H2,1-3H3/t10-,11?,13+/m1/s1. The Kier molecular flexibility index (Phi) is 8.00. The number of benzene rings is 1. The number of aromatic hydroxyl groups is 2. The average molecular weight is 355 g/mol. The Hall–Kier alpha value is -2.48. The van der Waals surface area contributed by atoms with Gasteiger partial charge in [0, 0.05) is 0 Å². The van der Waals surface area contributed by atoms with E-state index in [1.54, 1.807) is 19.9 Å². The SMILES string of the molecule is CCCOC(=O)OC(C)[C@@H](C)OC(=O)[C@@H](N)Cc1ccc(O)c(O)c1. The fraction of sp³-hybridized carbons (Fsp3) is 0.529. The summed E-state index contributed by atoms with van der Waals surface area (Å²) in [6, 6.07) is 3.21. The summed E-state index contributed by atoms with van der Waals surface area (Å²) in [5.74, 6) is -1.22. The first-order valence-corrected chi connectivity index (χ1v) is 8.04. The van der Waals surface area contributed by atoms with Crippen LogP contribution in [0.5, 0.6) is 11.5 Å². The first-order valence-electron chi connectivity index (χ1n) is 8.04. The second kappa shape index (κ2) is 9.73. The van der Waals surface area contributed by atoms with E-state index in [9.17, 15) is 19.8 Å². The Balaban J connectivity index is 2.50. The molecule has 25 heavy (non-hydrogen) atoms. The quantitative estimate of drug-likeness (QED) is 0.476. The van der Waals surface area contributed by atoms with Crippen LogP contribution < -0.4 is 5.73 Å². The van der Waals surface area contributed by atoms with Gasteiger partial charge in [-0.1, -0.05) is 13.0 Å². The lowest BCUT2D eigenvalue weighted by atomic mass is 10.1. The zero-order chi connectivity index (χ0) is 19.0. The highest BCUT2D eigenvalue weighted by molar-refractivity contribution is 5.76. The molecular weight excluding hydrogens is 330 g/mol. The van der Waals surface area contributed by atoms with Gasteiger partial charge in [-0.25, -0.2) is 4.79 Å². The molecule has 0 spiro atoms. The fourth-order valence-electron chi connectivity index (χ4n) is 1.87. The molecule has 8 heteroatoms. The van der Waals surface area contributed by atoms with Gasteiger partial charge in [-0.3, -0.25) is 4.79 Å². The Morgan fingerprint density at radius 3 is 2.36 bits per heavy atom. The number of carbonyl (C=O) groups is 2. The summed E-state index contributed by atoms with van der Waals surface area (Å²) in [6.07, 6.45) is -1.43. The Morgan fingerprint density at radius 2 is 1.76 bits per heavy atom. The first-order chi connectivity index (χ1) is 11.7. The summed E-state index contributed by atoms with van der Waals surface area (Å²) in [5.41, 5.74) is 6.37. The van der Waals surface area contributed by atoms with Crippen LogP contribution in [-0.2, 0) is 25.4 Å². The summed E-state index contributed by atoms with van der Waals surface area (Å²) in [5, 5.41) is 18.7. The Bertz CT molecular complexity index is 590. The van der Waals surface area contributed by atoms with Crippen LogP contribution in [0.25, 0.3) is 0 Å². The van der Waals surface area contributed by atoms with Crippen LogP contribution in [0.2, 0.25) is 0 Å². The van der Waals surface area contributed by atoms with Gasteiger partial charge < -0.3 is 30.2 Å². The zero-order valence-electron chi connectivity index (χ0n) is 14.6. The molecule has 0 heterocycles. The van der Waals surface area contributed by atoms with Gasteiger partial charge >= 0.3 is 12.1 Å². The summed E-state index contributed by atoms with van der Waals surface area (Å²) in [6.45, 7) is 5.27. The van der Waals surface area contributed by atoms with Crippen molar-refractivity contribution in [3.05, 3.63) is 23.8 Å². The van der Waals surface area contributed by atoms with Crippen molar-refractivity contribution in [2.45, 2.75) is 51.9 Å². The number of carbonyl (C=O) groups excluding carboxylic acids is 2. The molecule has 0 bridgehead atoms. The number of nitrogens with two attached hydrogens (primary N) is 1. The molecule has 1 rings (SSSR count). The number of rotatable bonds is 8. The van der Waals surface area contributed by atoms with Crippen molar-refractivity contribution in [2.75, 3.05) is 6.61 Å². The number of hydrogen-bond acceptors (Lipinski definition) is 8. The van der Waals surface area contributed by atoms with E-state index in [-0.39, 0.29) is 24.5 Å². The van der Waals surface area contributed by atoms with Crippen molar-refractivity contribution in [1.29, 1.82) is 0 Å². The van der Waals surface area contributed by atoms with Gasteiger partial charge in [-0.2, -0.15) is 0 Å². The van der Waals surface area contributed by atoms with Crippen molar-refractivity contribution in [3.8, 4) is 11.5 Å². The van der Waals surface area contributed by atoms with Crippen molar-refractivity contribution >= 4 is 12.1 Å². The van der Waals surface area contributed by atoms with Crippen LogP contribution in [0.3, 0.4) is 0 Å². The molecule has 4 N–H and O–H groups in total. The van der Waals surface area contributed by atoms with Gasteiger partial charge in [0.05, 0.1) is 6.61 Å². The van der Waals surface area contributed by atoms with Crippen molar-refractivity contribution in [1.82, 2.24) is 0 Å². The van der Waals surface area contributed by atoms with Crippen LogP contribution in [-0.4, -0.2) is 47.2 Å². The smallest absolute Gasteiger partial charge is 0.504 e. The number of phenolic OH excluding ortho intramolecular Hbond substituents is 2. The van der Waals surface area contributed by atoms with Gasteiger partial charge in [0.1, 0.15) is 18.2 Å². The molecule has 0 aliphatic carbocycles. The van der Waals surface area contributed by atoms with Gasteiger partial charge in [-0.15, -0.1) is 0 Å². The summed E-state index contributed by atoms with van der Waals surface area (Å²) < 4.78 is 15.0. The van der Waals surface area contributed by atoms with E-state index in [1.165, 1.54) is 12.1 Å². The van der Waals surface area contributed by atoms with E-state index in [0.717, 1.165) is 0 Å². The van der Waals surface area contributed by atoms with Crippen molar-refractivity contribution in [3.63, 3.8) is 0 Å². The molecule has 1 aromatic carbocycles. The second-order valence-corrected chi connectivity index (χ2v) is 5.70. The maximum Gasteiger partial charge on any atom is 0.508 e. The van der Waals surface area contributed by atoms with Crippen LogP contribution in [0.4, 0.5) is 4.79 Å². The van der Waals surface area contributed by atoms with E-state index >= 15 is 0 Å². The molecule has 0 aliphatic rings. The molecule has 0 amide bonds. The highest BCUT2D eigenvalue weighted by atomic mass is 16.7. The lowest BCUT2D eigenvalue weighted by Crippen LogP contribution is -2.39. The topological polar surface area (TPSA) is 128 Å². The summed E-state index contributed by atoms with van der Waals surface area (Å²) in [7, 11) is 0. The van der Waals surface area contributed by atoms with E-state index in [2.05, 4.69) is 0 Å². The molecule has 3 atom stereocenters. The third-order valence-electron chi connectivity index (χ3n) is 3.47. The minimum atomic E-state index is -0.967. The van der Waals surface area contributed by atoms with Crippen molar-refractivity contribution in [2.24, 2.45) is 5.73 Å². The highest BCUT2D eigenvalue weighted by Gasteiger charge is 2.24. The molecule has 0 aliphatic heterocycles. The maximum absolute atomic E-state index is 12.0. The third kappa shape index (κ3) is 6.88. The van der Waals surface area contributed by atoms with Gasteiger partial charge in [0.15, 0.2) is 11.5 Å². The second-order valence-electron chi connectivity index (χ2n) is 5.70. The normalized spacial score (nSPS) is 14.2. The minimum Gasteiger partial charge on any atom is -0.504 e. The monoisotopic (exact) mass is 355 g/mol. The molecule has 1 unspecified atom stereocenters. The molecule has 1 aromatic rings. The van der Waals surface area contributed by atoms with Crippen LogP contribution in [0.1, 0.15) is 32.8 Å². The molecule has 0 fully saturated rings. The fourth-order valence-corrected chi connectivity index (χ4v) is 1.87. The van der Waals surface area contributed by atoms with Gasteiger partial charge in [0.2, 0.25) is 0 Å². The molecule has 0 aromatic heterocycles. The van der Waals surface area contributed by atoms with Crippen molar-refractivity contribution < 1.29 is 34.0 Å². The number of phenols is 2. The largest absolute Gasteiger partial charge is 0.508 e.